The number of nitrogens with two attached hydrogens (primary N) is 1. The van der Waals surface area contributed by atoms with E-state index in [1.807, 2.05) is 0 Å². The van der Waals surface area contributed by atoms with Crippen molar-refractivity contribution in [2.45, 2.75) is 12.8 Å². The van der Waals surface area contributed by atoms with Gasteiger partial charge in [-0.05, 0) is 25.0 Å². The van der Waals surface area contributed by atoms with E-state index in [1.165, 1.54) is 0 Å². The Morgan fingerprint density at radius 3 is 2.33 bits per heavy atom. The molecule has 21 heavy (non-hydrogen) atoms. The van der Waals surface area contributed by atoms with E-state index in [4.69, 9.17) is 45.9 Å². The molecule has 2 rings (SSSR count). The molecule has 1 heterocycles. The Morgan fingerprint density at radius 2 is 1.86 bits per heavy atom. The Bertz CT molecular complexity index is 569. The smallest absolute Gasteiger partial charge is 0.237 e. The molecule has 1 aromatic rings. The molecule has 0 radical (unpaired) electrons. The summed E-state index contributed by atoms with van der Waals surface area (Å²) in [7, 11) is 0. The van der Waals surface area contributed by atoms with Gasteiger partial charge in [0.25, 0.3) is 0 Å². The van der Waals surface area contributed by atoms with E-state index in [1.54, 1.807) is 0 Å². The van der Waals surface area contributed by atoms with Crippen LogP contribution < -0.4 is 11.1 Å². The van der Waals surface area contributed by atoms with Crippen LogP contribution >= 0.6 is 35.4 Å². The van der Waals surface area contributed by atoms with Crippen LogP contribution in [0, 0.1) is 11.2 Å². The molecular weight excluding hydrogens is 338 g/mol. The Balaban J connectivity index is 2.30. The van der Waals surface area contributed by atoms with E-state index in [0.29, 0.717) is 26.1 Å². The summed E-state index contributed by atoms with van der Waals surface area (Å²) in [4.78, 5) is 12.7. The number of hydrogen-bond acceptors (Lipinski definition) is 3. The highest BCUT2D eigenvalue weighted by Crippen LogP contribution is 2.36. The Hall–Kier alpha value is -0.950. The van der Waals surface area contributed by atoms with Crippen molar-refractivity contribution >= 4 is 52.0 Å². The molecule has 1 aliphatic heterocycles. The SMILES string of the molecule is NC(=S)C1(C(=O)Nc2c(Cl)cc(F)cc2Cl)CCOCC1. The lowest BCUT2D eigenvalue weighted by molar-refractivity contribution is -0.126. The number of anilines is 1. The predicted molar refractivity (Wildman–Crippen MR) is 84.3 cm³/mol. The van der Waals surface area contributed by atoms with E-state index in [0.717, 1.165) is 12.1 Å². The van der Waals surface area contributed by atoms with Crippen molar-refractivity contribution in [1.29, 1.82) is 0 Å². The van der Waals surface area contributed by atoms with Crippen LogP contribution in [0.15, 0.2) is 12.1 Å². The first kappa shape index (κ1) is 16.4. The molecule has 3 N–H and O–H groups in total. The third-order valence-electron chi connectivity index (χ3n) is 3.50. The second-order valence-electron chi connectivity index (χ2n) is 4.76. The molecule has 1 amide bonds. The Labute approximate surface area is 136 Å². The molecule has 0 aromatic heterocycles. The van der Waals surface area contributed by atoms with Gasteiger partial charge in [0.1, 0.15) is 11.2 Å². The summed E-state index contributed by atoms with van der Waals surface area (Å²) in [5.41, 5.74) is 4.89. The van der Waals surface area contributed by atoms with Crippen LogP contribution in [0.5, 0.6) is 0 Å². The van der Waals surface area contributed by atoms with Crippen LogP contribution in [0.3, 0.4) is 0 Å². The Morgan fingerprint density at radius 1 is 1.33 bits per heavy atom. The number of rotatable bonds is 3. The molecule has 1 fully saturated rings. The summed E-state index contributed by atoms with van der Waals surface area (Å²) in [6, 6.07) is 2.14. The minimum atomic E-state index is -1.01. The summed E-state index contributed by atoms with van der Waals surface area (Å²) in [5.74, 6) is -0.994. The maximum atomic E-state index is 13.2. The molecule has 0 aliphatic carbocycles. The average Bonchev–Trinajstić information content (AvgIpc) is 2.43. The van der Waals surface area contributed by atoms with Gasteiger partial charge in [0, 0.05) is 13.2 Å². The topological polar surface area (TPSA) is 64.4 Å². The number of carbonyl (C=O) groups is 1. The van der Waals surface area contributed by atoms with Gasteiger partial charge >= 0.3 is 0 Å². The zero-order valence-corrected chi connectivity index (χ0v) is 13.2. The molecular formula is C13H13Cl2FN2O2S. The maximum Gasteiger partial charge on any atom is 0.237 e. The quantitative estimate of drug-likeness (QED) is 0.822. The van der Waals surface area contributed by atoms with E-state index in [2.05, 4.69) is 5.32 Å². The molecule has 1 aromatic carbocycles. The second-order valence-corrected chi connectivity index (χ2v) is 6.01. The van der Waals surface area contributed by atoms with E-state index < -0.39 is 17.1 Å². The minimum absolute atomic E-state index is 0.0125. The monoisotopic (exact) mass is 350 g/mol. The van der Waals surface area contributed by atoms with Gasteiger partial charge in [0.2, 0.25) is 5.91 Å². The van der Waals surface area contributed by atoms with Crippen molar-refractivity contribution in [3.8, 4) is 0 Å². The molecule has 4 nitrogen and oxygen atoms in total. The first-order valence-corrected chi connectivity index (χ1v) is 7.37. The molecule has 0 atom stereocenters. The largest absolute Gasteiger partial charge is 0.392 e. The van der Waals surface area contributed by atoms with E-state index in [-0.39, 0.29) is 20.7 Å². The number of nitrogens with one attached hydrogen (secondary N) is 1. The number of carbonyl (C=O) groups excluding carboxylic acids is 1. The molecule has 114 valence electrons. The number of halogens is 3. The summed E-state index contributed by atoms with van der Waals surface area (Å²) in [6.07, 6.45) is 0.759. The molecule has 1 saturated heterocycles. The lowest BCUT2D eigenvalue weighted by Gasteiger charge is -2.34. The highest BCUT2D eigenvalue weighted by molar-refractivity contribution is 7.80. The maximum absolute atomic E-state index is 13.2. The van der Waals surface area contributed by atoms with Gasteiger partial charge in [0.05, 0.1) is 20.7 Å². The van der Waals surface area contributed by atoms with Gasteiger partial charge in [-0.1, -0.05) is 35.4 Å². The first-order chi connectivity index (χ1) is 9.86. The normalized spacial score (nSPS) is 17.3. The van der Waals surface area contributed by atoms with Crippen molar-refractivity contribution in [3.63, 3.8) is 0 Å². The summed E-state index contributed by atoms with van der Waals surface area (Å²) in [5, 5.41) is 2.63. The fourth-order valence-electron chi connectivity index (χ4n) is 2.20. The zero-order valence-electron chi connectivity index (χ0n) is 10.9. The van der Waals surface area contributed by atoms with Gasteiger partial charge in [-0.15, -0.1) is 0 Å². The summed E-state index contributed by atoms with van der Waals surface area (Å²) >= 11 is 16.9. The van der Waals surface area contributed by atoms with Crippen LogP contribution in [0.2, 0.25) is 10.0 Å². The highest BCUT2D eigenvalue weighted by Gasteiger charge is 2.43. The molecule has 1 aliphatic rings. The van der Waals surface area contributed by atoms with Gasteiger partial charge < -0.3 is 15.8 Å². The number of hydrogen-bond donors (Lipinski definition) is 2. The highest BCUT2D eigenvalue weighted by atomic mass is 35.5. The van der Waals surface area contributed by atoms with Crippen LogP contribution in [0.25, 0.3) is 0 Å². The predicted octanol–water partition coefficient (Wildman–Crippen LogP) is 3.15. The molecule has 8 heteroatoms. The molecule has 0 unspecified atom stereocenters. The Kier molecular flexibility index (Phi) is 5.03. The lowest BCUT2D eigenvalue weighted by Crippen LogP contribution is -2.49. The van der Waals surface area contributed by atoms with Crippen molar-refractivity contribution in [2.75, 3.05) is 18.5 Å². The second kappa shape index (κ2) is 6.44. The summed E-state index contributed by atoms with van der Waals surface area (Å²) in [6.45, 7) is 0.769. The van der Waals surface area contributed by atoms with Crippen molar-refractivity contribution in [3.05, 3.63) is 28.0 Å². The molecule has 0 bridgehead atoms. The summed E-state index contributed by atoms with van der Waals surface area (Å²) < 4.78 is 18.4. The number of ether oxygens (including phenoxy) is 1. The molecule has 0 spiro atoms. The fourth-order valence-corrected chi connectivity index (χ4v) is 3.05. The van der Waals surface area contributed by atoms with Crippen LogP contribution in [-0.2, 0) is 9.53 Å². The van der Waals surface area contributed by atoms with E-state index in [9.17, 15) is 9.18 Å². The van der Waals surface area contributed by atoms with Crippen LogP contribution in [-0.4, -0.2) is 24.1 Å². The first-order valence-electron chi connectivity index (χ1n) is 6.20. The van der Waals surface area contributed by atoms with Crippen LogP contribution in [0.4, 0.5) is 10.1 Å². The van der Waals surface area contributed by atoms with Gasteiger partial charge in [-0.3, -0.25) is 4.79 Å². The van der Waals surface area contributed by atoms with Gasteiger partial charge in [0.15, 0.2) is 0 Å². The van der Waals surface area contributed by atoms with Crippen LogP contribution in [0.1, 0.15) is 12.8 Å². The fraction of sp³-hybridized carbons (Fsp3) is 0.385. The average molecular weight is 351 g/mol. The standard InChI is InChI=1S/C13H13Cl2FN2O2S/c14-8-5-7(16)6-9(15)10(8)18-12(19)13(11(17)21)1-3-20-4-2-13/h5-6H,1-4H2,(H2,17,21)(H,18,19). The van der Waals surface area contributed by atoms with Crippen molar-refractivity contribution in [2.24, 2.45) is 11.1 Å². The lowest BCUT2D eigenvalue weighted by atomic mass is 9.79. The minimum Gasteiger partial charge on any atom is -0.392 e. The number of amides is 1. The number of benzene rings is 1. The number of thiocarbonyl (C=S) groups is 1. The molecule has 0 saturated carbocycles. The third-order valence-corrected chi connectivity index (χ3v) is 4.48. The third kappa shape index (κ3) is 3.29. The van der Waals surface area contributed by atoms with Gasteiger partial charge in [-0.2, -0.15) is 0 Å². The van der Waals surface area contributed by atoms with E-state index >= 15 is 0 Å². The van der Waals surface area contributed by atoms with Crippen molar-refractivity contribution < 1.29 is 13.9 Å². The van der Waals surface area contributed by atoms with Gasteiger partial charge in [-0.25, -0.2) is 4.39 Å². The zero-order chi connectivity index (χ0) is 15.6. The van der Waals surface area contributed by atoms with Crippen molar-refractivity contribution in [1.82, 2.24) is 0 Å².